The molecule has 0 bridgehead atoms. The van der Waals surface area contributed by atoms with E-state index in [-0.39, 0.29) is 0 Å². The largest absolute Gasteiger partial charge is 0.354 e. The summed E-state index contributed by atoms with van der Waals surface area (Å²) in [5.74, 6) is 1.32. The maximum Gasteiger partial charge on any atom is 0.224 e. The normalized spacial score (nSPS) is 10.3. The van der Waals surface area contributed by atoms with Crippen LogP contribution in [0.1, 0.15) is 12.6 Å². The lowest BCUT2D eigenvalue weighted by Gasteiger charge is -2.10. The summed E-state index contributed by atoms with van der Waals surface area (Å²) in [5.41, 5.74) is 1.69. The maximum absolute atomic E-state index is 6.14. The third kappa shape index (κ3) is 3.81. The molecule has 0 unspecified atom stereocenters. The molecule has 19 heavy (non-hydrogen) atoms. The summed E-state index contributed by atoms with van der Waals surface area (Å²) >= 11 is 9.56. The Morgan fingerprint density at radius 3 is 2.79 bits per heavy atom. The van der Waals surface area contributed by atoms with E-state index in [0.29, 0.717) is 16.8 Å². The van der Waals surface area contributed by atoms with Crippen molar-refractivity contribution in [2.45, 2.75) is 13.8 Å². The third-order valence-electron chi connectivity index (χ3n) is 2.38. The molecular weight excluding hydrogens is 328 g/mol. The number of nitrogens with zero attached hydrogens (tertiary/aromatic N) is 2. The summed E-state index contributed by atoms with van der Waals surface area (Å²) in [6, 6.07) is 7.50. The van der Waals surface area contributed by atoms with Gasteiger partial charge in [-0.1, -0.05) is 27.5 Å². The first kappa shape index (κ1) is 14.1. The molecule has 4 nitrogen and oxygen atoms in total. The maximum atomic E-state index is 6.14. The monoisotopic (exact) mass is 340 g/mol. The first-order valence-electron chi connectivity index (χ1n) is 5.90. The minimum atomic E-state index is 0.608. The van der Waals surface area contributed by atoms with Crippen molar-refractivity contribution < 1.29 is 0 Å². The molecule has 0 spiro atoms. The molecule has 0 fully saturated rings. The van der Waals surface area contributed by atoms with Gasteiger partial charge in [0.15, 0.2) is 0 Å². The first-order valence-corrected chi connectivity index (χ1v) is 7.07. The van der Waals surface area contributed by atoms with Gasteiger partial charge in [0.1, 0.15) is 5.82 Å². The number of hydrogen-bond acceptors (Lipinski definition) is 4. The third-order valence-corrected chi connectivity index (χ3v) is 3.20. The molecule has 1 heterocycles. The van der Waals surface area contributed by atoms with Crippen molar-refractivity contribution in [1.29, 1.82) is 0 Å². The van der Waals surface area contributed by atoms with Crippen LogP contribution in [0, 0.1) is 6.92 Å². The Bertz CT molecular complexity index is 589. The van der Waals surface area contributed by atoms with E-state index in [0.717, 1.165) is 22.4 Å². The van der Waals surface area contributed by atoms with Crippen LogP contribution in [0.15, 0.2) is 28.7 Å². The summed E-state index contributed by atoms with van der Waals surface area (Å²) in [6.07, 6.45) is 0. The molecule has 0 atom stereocenters. The van der Waals surface area contributed by atoms with Crippen molar-refractivity contribution >= 4 is 45.0 Å². The zero-order valence-electron chi connectivity index (χ0n) is 10.7. The fraction of sp³-hybridized carbons (Fsp3) is 0.231. The summed E-state index contributed by atoms with van der Waals surface area (Å²) in [5, 5.41) is 6.94. The Kier molecular flexibility index (Phi) is 4.61. The quantitative estimate of drug-likeness (QED) is 0.866. The van der Waals surface area contributed by atoms with Gasteiger partial charge in [0.2, 0.25) is 5.95 Å². The molecule has 0 saturated carbocycles. The van der Waals surface area contributed by atoms with Gasteiger partial charge in [0.05, 0.1) is 10.7 Å². The van der Waals surface area contributed by atoms with Crippen molar-refractivity contribution in [3.8, 4) is 0 Å². The van der Waals surface area contributed by atoms with Crippen molar-refractivity contribution in [2.75, 3.05) is 17.2 Å². The molecule has 0 aliphatic heterocycles. The van der Waals surface area contributed by atoms with Crippen LogP contribution in [-0.4, -0.2) is 16.5 Å². The lowest BCUT2D eigenvalue weighted by molar-refractivity contribution is 1.05. The Balaban J connectivity index is 2.29. The molecule has 1 aromatic carbocycles. The van der Waals surface area contributed by atoms with E-state index < -0.39 is 0 Å². The molecule has 0 radical (unpaired) electrons. The standard InChI is InChI=1S/C13H14BrClN4/c1-3-16-13-17-8(2)6-12(19-13)18-11-7-9(14)4-5-10(11)15/h4-7H,3H2,1-2H3,(H2,16,17,18,19). The minimum Gasteiger partial charge on any atom is -0.354 e. The number of anilines is 3. The number of rotatable bonds is 4. The second-order valence-electron chi connectivity index (χ2n) is 4.00. The van der Waals surface area contributed by atoms with Crippen LogP contribution >= 0.6 is 27.5 Å². The summed E-state index contributed by atoms with van der Waals surface area (Å²) in [6.45, 7) is 4.71. The lowest BCUT2D eigenvalue weighted by atomic mass is 10.3. The number of hydrogen-bond donors (Lipinski definition) is 2. The van der Waals surface area contributed by atoms with Gasteiger partial charge < -0.3 is 10.6 Å². The SMILES string of the molecule is CCNc1nc(C)cc(Nc2cc(Br)ccc2Cl)n1. The summed E-state index contributed by atoms with van der Waals surface area (Å²) in [7, 11) is 0. The van der Waals surface area contributed by atoms with Crippen molar-refractivity contribution in [3.63, 3.8) is 0 Å². The Morgan fingerprint density at radius 2 is 2.05 bits per heavy atom. The van der Waals surface area contributed by atoms with E-state index in [1.54, 1.807) is 0 Å². The van der Waals surface area contributed by atoms with Gasteiger partial charge >= 0.3 is 0 Å². The lowest BCUT2D eigenvalue weighted by Crippen LogP contribution is -2.05. The first-order chi connectivity index (χ1) is 9.08. The van der Waals surface area contributed by atoms with Crippen LogP contribution in [0.25, 0.3) is 0 Å². The van der Waals surface area contributed by atoms with Crippen LogP contribution in [0.4, 0.5) is 17.5 Å². The van der Waals surface area contributed by atoms with Crippen molar-refractivity contribution in [3.05, 3.63) is 39.5 Å². The average molecular weight is 342 g/mol. The number of nitrogens with one attached hydrogen (secondary N) is 2. The smallest absolute Gasteiger partial charge is 0.224 e. The molecule has 6 heteroatoms. The van der Waals surface area contributed by atoms with E-state index in [4.69, 9.17) is 11.6 Å². The number of aryl methyl sites for hydroxylation is 1. The van der Waals surface area contributed by atoms with Crippen LogP contribution in [0.2, 0.25) is 5.02 Å². The topological polar surface area (TPSA) is 49.8 Å². The highest BCUT2D eigenvalue weighted by Crippen LogP contribution is 2.28. The summed E-state index contributed by atoms with van der Waals surface area (Å²) < 4.78 is 0.956. The van der Waals surface area contributed by atoms with Gasteiger partial charge in [-0.25, -0.2) is 4.98 Å². The molecule has 0 amide bonds. The number of halogens is 2. The highest BCUT2D eigenvalue weighted by Gasteiger charge is 2.05. The van der Waals surface area contributed by atoms with E-state index in [1.807, 2.05) is 38.1 Å². The molecule has 100 valence electrons. The van der Waals surface area contributed by atoms with E-state index >= 15 is 0 Å². The predicted molar refractivity (Wildman–Crippen MR) is 83.4 cm³/mol. The van der Waals surface area contributed by atoms with Crippen LogP contribution < -0.4 is 10.6 Å². The van der Waals surface area contributed by atoms with E-state index in [1.165, 1.54) is 0 Å². The Morgan fingerprint density at radius 1 is 1.26 bits per heavy atom. The molecule has 0 aliphatic carbocycles. The molecule has 1 aromatic heterocycles. The fourth-order valence-electron chi connectivity index (χ4n) is 1.60. The van der Waals surface area contributed by atoms with Crippen LogP contribution in [0.5, 0.6) is 0 Å². The van der Waals surface area contributed by atoms with Crippen molar-refractivity contribution in [2.24, 2.45) is 0 Å². The highest BCUT2D eigenvalue weighted by molar-refractivity contribution is 9.10. The van der Waals surface area contributed by atoms with E-state index in [9.17, 15) is 0 Å². The molecule has 0 aliphatic rings. The zero-order chi connectivity index (χ0) is 13.8. The van der Waals surface area contributed by atoms with Gasteiger partial charge in [0, 0.05) is 22.8 Å². The second-order valence-corrected chi connectivity index (χ2v) is 5.32. The molecule has 2 aromatic rings. The molecular formula is C13H14BrClN4. The second kappa shape index (κ2) is 6.21. The Hall–Kier alpha value is -1.33. The van der Waals surface area contributed by atoms with Gasteiger partial charge in [-0.3, -0.25) is 0 Å². The minimum absolute atomic E-state index is 0.608. The summed E-state index contributed by atoms with van der Waals surface area (Å²) in [4.78, 5) is 8.68. The van der Waals surface area contributed by atoms with E-state index in [2.05, 4.69) is 36.5 Å². The zero-order valence-corrected chi connectivity index (χ0v) is 13.0. The Labute approximate surface area is 125 Å². The number of benzene rings is 1. The number of aromatic nitrogens is 2. The highest BCUT2D eigenvalue weighted by atomic mass is 79.9. The van der Waals surface area contributed by atoms with Gasteiger partial charge in [0.25, 0.3) is 0 Å². The van der Waals surface area contributed by atoms with Gasteiger partial charge in [-0.05, 0) is 32.0 Å². The predicted octanol–water partition coefficient (Wildman–Crippen LogP) is 4.38. The van der Waals surface area contributed by atoms with Gasteiger partial charge in [-0.15, -0.1) is 0 Å². The van der Waals surface area contributed by atoms with Gasteiger partial charge in [-0.2, -0.15) is 4.98 Å². The molecule has 2 N–H and O–H groups in total. The average Bonchev–Trinajstić information content (AvgIpc) is 2.33. The molecule has 2 rings (SSSR count). The van der Waals surface area contributed by atoms with Crippen LogP contribution in [-0.2, 0) is 0 Å². The fourth-order valence-corrected chi connectivity index (χ4v) is 2.13. The van der Waals surface area contributed by atoms with Crippen molar-refractivity contribution in [1.82, 2.24) is 9.97 Å². The van der Waals surface area contributed by atoms with Crippen LogP contribution in [0.3, 0.4) is 0 Å². The molecule has 0 saturated heterocycles.